The van der Waals surface area contributed by atoms with Gasteiger partial charge in [-0.15, -0.1) is 0 Å². The Morgan fingerprint density at radius 2 is 2.03 bits per heavy atom. The topological polar surface area (TPSA) is 74.4 Å². The highest BCUT2D eigenvalue weighted by molar-refractivity contribution is 6.31. The van der Waals surface area contributed by atoms with E-state index in [1.165, 1.54) is 13.2 Å². The van der Waals surface area contributed by atoms with Crippen LogP contribution < -0.4 is 5.32 Å². The predicted octanol–water partition coefficient (Wildman–Crippen LogP) is 4.03. The molecule has 1 aliphatic rings. The van der Waals surface area contributed by atoms with Crippen LogP contribution in [0.5, 0.6) is 0 Å². The number of amides is 1. The summed E-state index contributed by atoms with van der Waals surface area (Å²) in [5.74, 6) is -1.22. The minimum absolute atomic E-state index is 0.201. The SMILES string of the molecule is CCc1[nH]c(C(=O)NCC(c2c(F)cccc2Cl)N2CCCC2)c(C)c1C(=O)OC. The Bertz CT molecular complexity index is 918. The van der Waals surface area contributed by atoms with E-state index in [1.807, 2.05) is 6.92 Å². The van der Waals surface area contributed by atoms with E-state index < -0.39 is 5.97 Å². The number of nitrogens with one attached hydrogen (secondary N) is 2. The Balaban J connectivity index is 1.85. The molecule has 30 heavy (non-hydrogen) atoms. The second-order valence-electron chi connectivity index (χ2n) is 7.43. The van der Waals surface area contributed by atoms with Gasteiger partial charge in [0.2, 0.25) is 0 Å². The fourth-order valence-electron chi connectivity index (χ4n) is 4.10. The van der Waals surface area contributed by atoms with Gasteiger partial charge in [-0.1, -0.05) is 24.6 Å². The van der Waals surface area contributed by atoms with E-state index in [-0.39, 0.29) is 24.3 Å². The van der Waals surface area contributed by atoms with E-state index in [0.29, 0.717) is 39.5 Å². The second kappa shape index (κ2) is 9.62. The quantitative estimate of drug-likeness (QED) is 0.644. The van der Waals surface area contributed by atoms with Crippen LogP contribution in [-0.2, 0) is 11.2 Å². The van der Waals surface area contributed by atoms with Gasteiger partial charge < -0.3 is 15.0 Å². The van der Waals surface area contributed by atoms with Gasteiger partial charge in [0.15, 0.2) is 0 Å². The van der Waals surface area contributed by atoms with Crippen molar-refractivity contribution in [3.8, 4) is 0 Å². The molecule has 1 amide bonds. The lowest BCUT2D eigenvalue weighted by Gasteiger charge is -2.29. The van der Waals surface area contributed by atoms with E-state index in [0.717, 1.165) is 25.9 Å². The minimum Gasteiger partial charge on any atom is -0.465 e. The maximum Gasteiger partial charge on any atom is 0.339 e. The molecule has 0 aliphatic carbocycles. The zero-order valence-electron chi connectivity index (χ0n) is 17.5. The zero-order valence-corrected chi connectivity index (χ0v) is 18.2. The highest BCUT2D eigenvalue weighted by Crippen LogP contribution is 2.32. The van der Waals surface area contributed by atoms with Gasteiger partial charge in [0, 0.05) is 22.8 Å². The molecular weight excluding hydrogens is 409 g/mol. The molecule has 8 heteroatoms. The molecule has 1 fully saturated rings. The molecule has 1 aliphatic heterocycles. The third-order valence-corrected chi connectivity index (χ3v) is 6.00. The second-order valence-corrected chi connectivity index (χ2v) is 7.84. The number of aryl methyl sites for hydroxylation is 1. The van der Waals surface area contributed by atoms with Crippen molar-refractivity contribution in [2.75, 3.05) is 26.7 Å². The molecule has 0 bridgehead atoms. The molecule has 0 radical (unpaired) electrons. The van der Waals surface area contributed by atoms with Crippen molar-refractivity contribution >= 4 is 23.5 Å². The Hall–Kier alpha value is -2.38. The number of rotatable bonds is 7. The number of H-pyrrole nitrogens is 1. The van der Waals surface area contributed by atoms with Crippen LogP contribution in [0.25, 0.3) is 0 Å². The van der Waals surface area contributed by atoms with Crippen molar-refractivity contribution in [1.29, 1.82) is 0 Å². The van der Waals surface area contributed by atoms with Crippen LogP contribution in [0, 0.1) is 12.7 Å². The molecule has 0 spiro atoms. The highest BCUT2D eigenvalue weighted by Gasteiger charge is 2.29. The summed E-state index contributed by atoms with van der Waals surface area (Å²) in [6.07, 6.45) is 2.60. The smallest absolute Gasteiger partial charge is 0.339 e. The van der Waals surface area contributed by atoms with Crippen LogP contribution in [0.2, 0.25) is 5.02 Å². The summed E-state index contributed by atoms with van der Waals surface area (Å²) in [6, 6.07) is 4.25. The molecule has 1 aromatic carbocycles. The van der Waals surface area contributed by atoms with Gasteiger partial charge in [-0.2, -0.15) is 0 Å². The van der Waals surface area contributed by atoms with E-state index in [2.05, 4.69) is 15.2 Å². The Morgan fingerprint density at radius 1 is 1.33 bits per heavy atom. The number of aromatic amines is 1. The first-order valence-electron chi connectivity index (χ1n) is 10.1. The number of hydrogen-bond donors (Lipinski definition) is 2. The summed E-state index contributed by atoms with van der Waals surface area (Å²) in [7, 11) is 1.31. The molecular formula is C22H27ClFN3O3. The normalized spacial score (nSPS) is 15.2. The van der Waals surface area contributed by atoms with Crippen molar-refractivity contribution in [1.82, 2.24) is 15.2 Å². The van der Waals surface area contributed by atoms with Crippen molar-refractivity contribution in [2.45, 2.75) is 39.2 Å². The summed E-state index contributed by atoms with van der Waals surface area (Å²) < 4.78 is 19.5. The Labute approximate surface area is 180 Å². The lowest BCUT2D eigenvalue weighted by Crippen LogP contribution is -2.37. The van der Waals surface area contributed by atoms with Crippen LogP contribution in [0.15, 0.2) is 18.2 Å². The molecule has 0 saturated carbocycles. The minimum atomic E-state index is -0.479. The average Bonchev–Trinajstić information content (AvgIpc) is 3.37. The molecule has 2 heterocycles. The third-order valence-electron chi connectivity index (χ3n) is 5.67. The number of nitrogens with zero attached hydrogens (tertiary/aromatic N) is 1. The molecule has 1 aromatic heterocycles. The standard InChI is InChI=1S/C22H27ClFN3O3/c1-4-16-18(22(29)30-3)13(2)20(26-16)21(28)25-12-17(27-10-5-6-11-27)19-14(23)8-7-9-15(19)24/h7-9,17,26H,4-6,10-12H2,1-3H3,(H,25,28). The van der Waals surface area contributed by atoms with Crippen LogP contribution in [0.4, 0.5) is 4.39 Å². The number of aromatic nitrogens is 1. The van der Waals surface area contributed by atoms with Crippen LogP contribution in [0.3, 0.4) is 0 Å². The molecule has 2 aromatic rings. The summed E-state index contributed by atoms with van der Waals surface area (Å²) in [4.78, 5) is 30.2. The highest BCUT2D eigenvalue weighted by atomic mass is 35.5. The van der Waals surface area contributed by atoms with E-state index in [4.69, 9.17) is 16.3 Å². The van der Waals surface area contributed by atoms with E-state index >= 15 is 0 Å². The van der Waals surface area contributed by atoms with Crippen molar-refractivity contribution < 1.29 is 18.7 Å². The lowest BCUT2D eigenvalue weighted by molar-refractivity contribution is 0.0599. The number of likely N-dealkylation sites (tertiary alicyclic amines) is 1. The van der Waals surface area contributed by atoms with Gasteiger partial charge >= 0.3 is 5.97 Å². The number of benzene rings is 1. The van der Waals surface area contributed by atoms with Gasteiger partial charge in [0.05, 0.1) is 18.7 Å². The maximum atomic E-state index is 14.6. The molecule has 1 atom stereocenters. The molecule has 3 rings (SSSR count). The number of ether oxygens (including phenoxy) is 1. The Kier molecular flexibility index (Phi) is 7.15. The summed E-state index contributed by atoms with van der Waals surface area (Å²) in [5, 5.41) is 3.25. The monoisotopic (exact) mass is 435 g/mol. The predicted molar refractivity (Wildman–Crippen MR) is 114 cm³/mol. The largest absolute Gasteiger partial charge is 0.465 e. The first kappa shape index (κ1) is 22.3. The molecule has 6 nitrogen and oxygen atoms in total. The van der Waals surface area contributed by atoms with E-state index in [1.54, 1.807) is 19.1 Å². The summed E-state index contributed by atoms with van der Waals surface area (Å²) >= 11 is 6.32. The lowest BCUT2D eigenvalue weighted by atomic mass is 10.0. The molecule has 1 unspecified atom stereocenters. The number of hydrogen-bond acceptors (Lipinski definition) is 4. The van der Waals surface area contributed by atoms with Crippen LogP contribution >= 0.6 is 11.6 Å². The fourth-order valence-corrected chi connectivity index (χ4v) is 4.39. The number of esters is 1. The summed E-state index contributed by atoms with van der Waals surface area (Å²) in [5.41, 5.74) is 2.29. The third kappa shape index (κ3) is 4.37. The van der Waals surface area contributed by atoms with Crippen molar-refractivity contribution in [3.63, 3.8) is 0 Å². The number of carbonyl (C=O) groups is 2. The van der Waals surface area contributed by atoms with E-state index in [9.17, 15) is 14.0 Å². The fraction of sp³-hybridized carbons (Fsp3) is 0.455. The zero-order chi connectivity index (χ0) is 21.8. The Morgan fingerprint density at radius 3 is 2.63 bits per heavy atom. The first-order chi connectivity index (χ1) is 14.4. The van der Waals surface area contributed by atoms with Gasteiger partial charge in [-0.25, -0.2) is 9.18 Å². The van der Waals surface area contributed by atoms with Crippen LogP contribution in [-0.4, -0.2) is 48.5 Å². The van der Waals surface area contributed by atoms with Gasteiger partial charge in [0.25, 0.3) is 5.91 Å². The summed E-state index contributed by atoms with van der Waals surface area (Å²) in [6.45, 7) is 5.44. The average molecular weight is 436 g/mol. The molecule has 162 valence electrons. The van der Waals surface area contributed by atoms with Crippen molar-refractivity contribution in [3.05, 3.63) is 57.1 Å². The molecule has 2 N–H and O–H groups in total. The first-order valence-corrected chi connectivity index (χ1v) is 10.5. The van der Waals surface area contributed by atoms with Crippen molar-refractivity contribution in [2.24, 2.45) is 0 Å². The number of methoxy groups -OCH3 is 1. The molecule has 1 saturated heterocycles. The van der Waals surface area contributed by atoms with Crippen LogP contribution in [0.1, 0.15) is 63.5 Å². The maximum absolute atomic E-state index is 14.6. The van der Waals surface area contributed by atoms with Gasteiger partial charge in [-0.3, -0.25) is 9.69 Å². The number of carbonyl (C=O) groups excluding carboxylic acids is 2. The van der Waals surface area contributed by atoms with Gasteiger partial charge in [-0.05, 0) is 57.0 Å². The van der Waals surface area contributed by atoms with Gasteiger partial charge in [0.1, 0.15) is 11.5 Å². The number of halogens is 2.